The summed E-state index contributed by atoms with van der Waals surface area (Å²) in [5, 5.41) is 0. The lowest BCUT2D eigenvalue weighted by Crippen LogP contribution is -2.02. The summed E-state index contributed by atoms with van der Waals surface area (Å²) < 4.78 is 22.3. The molecule has 0 saturated heterocycles. The maximum absolute atomic E-state index is 13.2. The molecule has 1 rings (SSSR count). The molecule has 1 aromatic carbocycles. The lowest BCUT2D eigenvalue weighted by atomic mass is 10.1. The van der Waals surface area contributed by atoms with Crippen LogP contribution in [-0.4, -0.2) is 25.7 Å². The van der Waals surface area contributed by atoms with Gasteiger partial charge in [-0.1, -0.05) is 5.92 Å². The summed E-state index contributed by atoms with van der Waals surface area (Å²) in [5.41, 5.74) is 0.231. The SMILES string of the molecule is CCOC(=O)C#Cc1cc(F)cc(C(=O)OC)c1. The average molecular weight is 250 g/mol. The van der Waals surface area contributed by atoms with Gasteiger partial charge in [-0.25, -0.2) is 14.0 Å². The van der Waals surface area contributed by atoms with Crippen molar-refractivity contribution in [3.05, 3.63) is 35.1 Å². The first-order valence-electron chi connectivity index (χ1n) is 5.14. The molecule has 0 heterocycles. The van der Waals surface area contributed by atoms with Gasteiger partial charge in [-0.05, 0) is 25.1 Å². The minimum Gasteiger partial charge on any atom is -0.465 e. The Balaban J connectivity index is 3.00. The molecular formula is C13H11FO4. The summed E-state index contributed by atoms with van der Waals surface area (Å²) in [4.78, 5) is 22.2. The largest absolute Gasteiger partial charge is 0.465 e. The third-order valence-electron chi connectivity index (χ3n) is 1.90. The molecule has 4 nitrogen and oxygen atoms in total. The van der Waals surface area contributed by atoms with Gasteiger partial charge in [0, 0.05) is 11.5 Å². The summed E-state index contributed by atoms with van der Waals surface area (Å²) in [6, 6.07) is 3.47. The van der Waals surface area contributed by atoms with Gasteiger partial charge in [0.05, 0.1) is 19.3 Å². The number of hydrogen-bond donors (Lipinski definition) is 0. The van der Waals surface area contributed by atoms with Gasteiger partial charge in [0.2, 0.25) is 0 Å². The molecule has 0 aliphatic heterocycles. The fourth-order valence-electron chi connectivity index (χ4n) is 1.19. The molecule has 5 heteroatoms. The van der Waals surface area contributed by atoms with Gasteiger partial charge in [0.15, 0.2) is 0 Å². The highest BCUT2D eigenvalue weighted by molar-refractivity contribution is 5.91. The van der Waals surface area contributed by atoms with Crippen LogP contribution in [0.15, 0.2) is 18.2 Å². The van der Waals surface area contributed by atoms with Gasteiger partial charge < -0.3 is 9.47 Å². The highest BCUT2D eigenvalue weighted by Gasteiger charge is 2.08. The fourth-order valence-corrected chi connectivity index (χ4v) is 1.19. The van der Waals surface area contributed by atoms with E-state index in [1.54, 1.807) is 6.92 Å². The Labute approximate surface area is 104 Å². The maximum atomic E-state index is 13.2. The van der Waals surface area contributed by atoms with Crippen LogP contribution in [-0.2, 0) is 14.3 Å². The minimum atomic E-state index is -0.707. The van der Waals surface area contributed by atoms with Crippen LogP contribution in [0.2, 0.25) is 0 Å². The summed E-state index contributed by atoms with van der Waals surface area (Å²) in [6.07, 6.45) is 0. The van der Waals surface area contributed by atoms with Crippen molar-refractivity contribution in [2.24, 2.45) is 0 Å². The third-order valence-corrected chi connectivity index (χ3v) is 1.90. The first-order chi connectivity index (χ1) is 8.56. The normalized spacial score (nSPS) is 9.06. The first kappa shape index (κ1) is 13.7. The molecule has 0 radical (unpaired) electrons. The fraction of sp³-hybridized carbons (Fsp3) is 0.231. The summed E-state index contributed by atoms with van der Waals surface area (Å²) in [7, 11) is 1.19. The number of halogens is 1. The van der Waals surface area contributed by atoms with Crippen LogP contribution in [0.5, 0.6) is 0 Å². The van der Waals surface area contributed by atoms with Crippen molar-refractivity contribution in [2.45, 2.75) is 6.92 Å². The molecule has 0 unspecified atom stereocenters. The number of methoxy groups -OCH3 is 1. The van der Waals surface area contributed by atoms with Crippen molar-refractivity contribution in [3.8, 4) is 11.8 Å². The number of rotatable bonds is 2. The second kappa shape index (κ2) is 6.40. The van der Waals surface area contributed by atoms with Crippen LogP contribution in [0.4, 0.5) is 4.39 Å². The highest BCUT2D eigenvalue weighted by atomic mass is 19.1. The number of carbonyl (C=O) groups is 2. The summed E-state index contributed by atoms with van der Waals surface area (Å²) >= 11 is 0. The predicted molar refractivity (Wildman–Crippen MR) is 61.3 cm³/mol. The minimum absolute atomic E-state index is 0.0330. The summed E-state index contributed by atoms with van der Waals surface area (Å²) in [5.74, 6) is 2.59. The van der Waals surface area contributed by atoms with Crippen LogP contribution in [0, 0.1) is 17.7 Å². The first-order valence-corrected chi connectivity index (χ1v) is 5.14. The number of hydrogen-bond acceptors (Lipinski definition) is 4. The van der Waals surface area contributed by atoms with Crippen LogP contribution < -0.4 is 0 Å². The Hall–Kier alpha value is -2.35. The lowest BCUT2D eigenvalue weighted by molar-refractivity contribution is -0.136. The number of carbonyl (C=O) groups excluding carboxylic acids is 2. The number of esters is 2. The zero-order chi connectivity index (χ0) is 13.5. The van der Waals surface area contributed by atoms with Crippen molar-refractivity contribution in [2.75, 3.05) is 13.7 Å². The molecule has 94 valence electrons. The molecule has 0 N–H and O–H groups in total. The molecule has 0 saturated carbocycles. The quantitative estimate of drug-likeness (QED) is 0.590. The topological polar surface area (TPSA) is 52.6 Å². The maximum Gasteiger partial charge on any atom is 0.384 e. The molecular weight excluding hydrogens is 239 g/mol. The molecule has 0 aliphatic carbocycles. The van der Waals surface area contributed by atoms with Crippen LogP contribution >= 0.6 is 0 Å². The van der Waals surface area contributed by atoms with Gasteiger partial charge in [-0.3, -0.25) is 0 Å². The van der Waals surface area contributed by atoms with Gasteiger partial charge in [0.1, 0.15) is 5.82 Å². The van der Waals surface area contributed by atoms with E-state index in [0.717, 1.165) is 12.1 Å². The van der Waals surface area contributed by atoms with E-state index >= 15 is 0 Å². The van der Waals surface area contributed by atoms with Crippen LogP contribution in [0.25, 0.3) is 0 Å². The van der Waals surface area contributed by atoms with Crippen LogP contribution in [0.1, 0.15) is 22.8 Å². The number of benzene rings is 1. The molecule has 1 aromatic rings. The monoisotopic (exact) mass is 250 g/mol. The standard InChI is InChI=1S/C13H11FO4/c1-3-18-12(15)5-4-9-6-10(13(16)17-2)8-11(14)7-9/h6-8H,3H2,1-2H3. The van der Waals surface area contributed by atoms with Crippen LogP contribution in [0.3, 0.4) is 0 Å². The Morgan fingerprint density at radius 2 is 2.06 bits per heavy atom. The zero-order valence-electron chi connectivity index (χ0n) is 9.95. The molecule has 0 fully saturated rings. The van der Waals surface area contributed by atoms with Crippen molar-refractivity contribution in [1.29, 1.82) is 0 Å². The van der Waals surface area contributed by atoms with E-state index in [0.29, 0.717) is 0 Å². The van der Waals surface area contributed by atoms with Gasteiger partial charge >= 0.3 is 11.9 Å². The molecule has 0 atom stereocenters. The van der Waals surface area contributed by atoms with E-state index in [4.69, 9.17) is 0 Å². The Morgan fingerprint density at radius 3 is 2.67 bits per heavy atom. The van der Waals surface area contributed by atoms with E-state index in [1.165, 1.54) is 13.2 Å². The smallest absolute Gasteiger partial charge is 0.384 e. The molecule has 18 heavy (non-hydrogen) atoms. The Kier molecular flexibility index (Phi) is 4.88. The van der Waals surface area contributed by atoms with E-state index in [-0.39, 0.29) is 17.7 Å². The van der Waals surface area contributed by atoms with E-state index in [2.05, 4.69) is 21.3 Å². The second-order valence-corrected chi connectivity index (χ2v) is 3.19. The molecule has 0 bridgehead atoms. The lowest BCUT2D eigenvalue weighted by Gasteiger charge is -2.00. The Morgan fingerprint density at radius 1 is 1.33 bits per heavy atom. The molecule has 0 amide bonds. The van der Waals surface area contributed by atoms with Crippen molar-refractivity contribution >= 4 is 11.9 Å². The molecule has 0 aliphatic rings. The molecule has 0 aromatic heterocycles. The second-order valence-electron chi connectivity index (χ2n) is 3.19. The number of ether oxygens (including phenoxy) is 2. The van der Waals surface area contributed by atoms with Gasteiger partial charge in [-0.15, -0.1) is 0 Å². The summed E-state index contributed by atoms with van der Waals surface area (Å²) in [6.45, 7) is 1.86. The Bertz CT molecular complexity index is 526. The van der Waals surface area contributed by atoms with Crippen molar-refractivity contribution in [3.63, 3.8) is 0 Å². The van der Waals surface area contributed by atoms with E-state index in [9.17, 15) is 14.0 Å². The molecule has 0 spiro atoms. The average Bonchev–Trinajstić information content (AvgIpc) is 2.35. The highest BCUT2D eigenvalue weighted by Crippen LogP contribution is 2.09. The van der Waals surface area contributed by atoms with Gasteiger partial charge in [-0.2, -0.15) is 0 Å². The predicted octanol–water partition coefficient (Wildman–Crippen LogP) is 1.53. The van der Waals surface area contributed by atoms with E-state index in [1.807, 2.05) is 0 Å². The third kappa shape index (κ3) is 3.91. The van der Waals surface area contributed by atoms with Crippen molar-refractivity contribution < 1.29 is 23.5 Å². The van der Waals surface area contributed by atoms with Gasteiger partial charge in [0.25, 0.3) is 0 Å². The van der Waals surface area contributed by atoms with Crippen molar-refractivity contribution in [1.82, 2.24) is 0 Å². The van der Waals surface area contributed by atoms with E-state index < -0.39 is 17.8 Å². The zero-order valence-corrected chi connectivity index (χ0v) is 9.95.